The second-order valence-electron chi connectivity index (χ2n) is 6.78. The molecule has 0 aliphatic carbocycles. The summed E-state index contributed by atoms with van der Waals surface area (Å²) in [5.74, 6) is 0.934. The first-order valence-corrected chi connectivity index (χ1v) is 9.60. The van der Waals surface area contributed by atoms with E-state index in [1.165, 1.54) is 0 Å². The predicted octanol–water partition coefficient (Wildman–Crippen LogP) is 3.35. The number of hydrogen-bond donors (Lipinski definition) is 1. The molecule has 1 heterocycles. The summed E-state index contributed by atoms with van der Waals surface area (Å²) in [5, 5.41) is 3.77. The Labute approximate surface area is 165 Å². The number of methoxy groups -OCH3 is 1. The predicted molar refractivity (Wildman–Crippen MR) is 110 cm³/mol. The number of nitrogens with zero attached hydrogens (tertiary/aromatic N) is 2. The van der Waals surface area contributed by atoms with E-state index in [0.29, 0.717) is 11.6 Å². The zero-order valence-corrected chi connectivity index (χ0v) is 16.6. The van der Waals surface area contributed by atoms with Crippen LogP contribution in [-0.2, 0) is 4.79 Å². The van der Waals surface area contributed by atoms with E-state index >= 15 is 0 Å². The molecule has 2 aromatic carbocycles. The number of piperazine rings is 1. The quantitative estimate of drug-likeness (QED) is 0.825. The maximum atomic E-state index is 12.4. The van der Waals surface area contributed by atoms with Crippen molar-refractivity contribution < 1.29 is 9.53 Å². The van der Waals surface area contributed by atoms with Crippen molar-refractivity contribution in [3.8, 4) is 5.75 Å². The van der Waals surface area contributed by atoms with Crippen LogP contribution in [0.15, 0.2) is 48.5 Å². The molecule has 1 N–H and O–H groups in total. The zero-order chi connectivity index (χ0) is 19.2. The Balaban J connectivity index is 1.48. The van der Waals surface area contributed by atoms with Crippen LogP contribution in [0.1, 0.15) is 18.5 Å². The Kier molecular flexibility index (Phi) is 6.58. The van der Waals surface area contributed by atoms with E-state index in [2.05, 4.69) is 21.2 Å². The monoisotopic (exact) mass is 387 g/mol. The fourth-order valence-electron chi connectivity index (χ4n) is 3.36. The molecule has 0 bridgehead atoms. The molecule has 1 atom stereocenters. The van der Waals surface area contributed by atoms with Gasteiger partial charge in [-0.2, -0.15) is 0 Å². The van der Waals surface area contributed by atoms with Gasteiger partial charge in [0, 0.05) is 31.2 Å². The van der Waals surface area contributed by atoms with Gasteiger partial charge in [-0.3, -0.25) is 9.69 Å². The Morgan fingerprint density at radius 1 is 1.11 bits per heavy atom. The van der Waals surface area contributed by atoms with E-state index in [9.17, 15) is 4.79 Å². The summed E-state index contributed by atoms with van der Waals surface area (Å²) in [6, 6.07) is 15.6. The van der Waals surface area contributed by atoms with E-state index in [1.54, 1.807) is 7.11 Å². The minimum atomic E-state index is -0.0374. The molecule has 0 unspecified atom stereocenters. The molecule has 0 spiro atoms. The third kappa shape index (κ3) is 5.15. The van der Waals surface area contributed by atoms with Crippen LogP contribution >= 0.6 is 11.6 Å². The van der Waals surface area contributed by atoms with E-state index in [0.717, 1.165) is 43.2 Å². The third-order valence-electron chi connectivity index (χ3n) is 4.91. The topological polar surface area (TPSA) is 44.8 Å². The number of amides is 1. The van der Waals surface area contributed by atoms with Gasteiger partial charge < -0.3 is 15.0 Å². The average Bonchev–Trinajstić information content (AvgIpc) is 2.69. The van der Waals surface area contributed by atoms with Crippen molar-refractivity contribution in [1.29, 1.82) is 0 Å². The minimum absolute atomic E-state index is 0.0374. The number of halogens is 1. The number of anilines is 1. The summed E-state index contributed by atoms with van der Waals surface area (Å²) < 4.78 is 5.46. The fourth-order valence-corrected chi connectivity index (χ4v) is 3.49. The minimum Gasteiger partial charge on any atom is -0.495 e. The van der Waals surface area contributed by atoms with Crippen LogP contribution in [0.2, 0.25) is 5.02 Å². The number of para-hydroxylation sites is 2. The zero-order valence-electron chi connectivity index (χ0n) is 15.8. The van der Waals surface area contributed by atoms with Crippen molar-refractivity contribution in [1.82, 2.24) is 10.2 Å². The third-order valence-corrected chi connectivity index (χ3v) is 5.16. The lowest BCUT2D eigenvalue weighted by molar-refractivity contribution is -0.123. The molecule has 1 fully saturated rings. The van der Waals surface area contributed by atoms with Crippen LogP contribution in [0.5, 0.6) is 5.75 Å². The smallest absolute Gasteiger partial charge is 0.234 e. The highest BCUT2D eigenvalue weighted by Crippen LogP contribution is 2.28. The molecule has 1 aliphatic heterocycles. The van der Waals surface area contributed by atoms with E-state index in [4.69, 9.17) is 16.3 Å². The van der Waals surface area contributed by atoms with Gasteiger partial charge in [-0.15, -0.1) is 0 Å². The lowest BCUT2D eigenvalue weighted by atomic mass is 10.1. The van der Waals surface area contributed by atoms with E-state index in [1.807, 2.05) is 49.4 Å². The Hall–Kier alpha value is -2.24. The lowest BCUT2D eigenvalue weighted by Gasteiger charge is -2.36. The lowest BCUT2D eigenvalue weighted by Crippen LogP contribution is -2.49. The van der Waals surface area contributed by atoms with Gasteiger partial charge in [-0.1, -0.05) is 35.9 Å². The molecule has 144 valence electrons. The molecule has 1 saturated heterocycles. The van der Waals surface area contributed by atoms with Crippen LogP contribution in [0.4, 0.5) is 5.69 Å². The summed E-state index contributed by atoms with van der Waals surface area (Å²) in [4.78, 5) is 16.9. The number of ether oxygens (including phenoxy) is 1. The Morgan fingerprint density at radius 3 is 2.44 bits per heavy atom. The SMILES string of the molecule is COc1ccccc1N1CCN(CC(=O)N[C@@H](C)c2ccc(Cl)cc2)CC1. The molecule has 0 saturated carbocycles. The second kappa shape index (κ2) is 9.11. The molecule has 6 heteroatoms. The van der Waals surface area contributed by atoms with Crippen molar-refractivity contribution >= 4 is 23.2 Å². The van der Waals surface area contributed by atoms with Gasteiger partial charge in [0.15, 0.2) is 0 Å². The number of carbonyl (C=O) groups excluding carboxylic acids is 1. The summed E-state index contributed by atoms with van der Waals surface area (Å²) in [6.45, 7) is 5.85. The van der Waals surface area contributed by atoms with Crippen LogP contribution in [-0.4, -0.2) is 50.6 Å². The molecule has 27 heavy (non-hydrogen) atoms. The van der Waals surface area contributed by atoms with Gasteiger partial charge in [0.2, 0.25) is 5.91 Å². The summed E-state index contributed by atoms with van der Waals surface area (Å²) in [7, 11) is 1.70. The molecule has 1 aliphatic rings. The first-order chi connectivity index (χ1) is 13.1. The molecule has 1 amide bonds. The Bertz CT molecular complexity index is 758. The van der Waals surface area contributed by atoms with Crippen molar-refractivity contribution in [2.75, 3.05) is 44.7 Å². The normalized spacial score (nSPS) is 16.0. The highest BCUT2D eigenvalue weighted by atomic mass is 35.5. The van der Waals surface area contributed by atoms with Gasteiger partial charge in [0.05, 0.1) is 25.4 Å². The van der Waals surface area contributed by atoms with Gasteiger partial charge >= 0.3 is 0 Å². The molecule has 5 nitrogen and oxygen atoms in total. The van der Waals surface area contributed by atoms with Crippen LogP contribution in [0.3, 0.4) is 0 Å². The maximum Gasteiger partial charge on any atom is 0.234 e. The van der Waals surface area contributed by atoms with Gasteiger partial charge in [-0.05, 0) is 36.8 Å². The highest BCUT2D eigenvalue weighted by molar-refractivity contribution is 6.30. The average molecular weight is 388 g/mol. The molecule has 0 radical (unpaired) electrons. The van der Waals surface area contributed by atoms with Crippen LogP contribution in [0.25, 0.3) is 0 Å². The highest BCUT2D eigenvalue weighted by Gasteiger charge is 2.21. The van der Waals surface area contributed by atoms with Crippen molar-refractivity contribution in [3.05, 3.63) is 59.1 Å². The van der Waals surface area contributed by atoms with E-state index < -0.39 is 0 Å². The molecular weight excluding hydrogens is 362 g/mol. The fraction of sp³-hybridized carbons (Fsp3) is 0.381. The first kappa shape index (κ1) is 19.5. The number of hydrogen-bond acceptors (Lipinski definition) is 4. The largest absolute Gasteiger partial charge is 0.495 e. The molecule has 3 rings (SSSR count). The summed E-state index contributed by atoms with van der Waals surface area (Å²) in [6.07, 6.45) is 0. The number of benzene rings is 2. The van der Waals surface area contributed by atoms with Gasteiger partial charge in [0.1, 0.15) is 5.75 Å². The number of carbonyl (C=O) groups is 1. The van der Waals surface area contributed by atoms with Crippen molar-refractivity contribution in [2.45, 2.75) is 13.0 Å². The number of nitrogens with one attached hydrogen (secondary N) is 1. The first-order valence-electron chi connectivity index (χ1n) is 9.22. The summed E-state index contributed by atoms with van der Waals surface area (Å²) >= 11 is 5.92. The van der Waals surface area contributed by atoms with Crippen molar-refractivity contribution in [3.63, 3.8) is 0 Å². The maximum absolute atomic E-state index is 12.4. The van der Waals surface area contributed by atoms with Gasteiger partial charge in [0.25, 0.3) is 0 Å². The molecule has 0 aromatic heterocycles. The molecular formula is C21H26ClN3O2. The van der Waals surface area contributed by atoms with Gasteiger partial charge in [-0.25, -0.2) is 0 Å². The number of rotatable bonds is 6. The van der Waals surface area contributed by atoms with E-state index in [-0.39, 0.29) is 11.9 Å². The van der Waals surface area contributed by atoms with Crippen molar-refractivity contribution in [2.24, 2.45) is 0 Å². The standard InChI is InChI=1S/C21H26ClN3O2/c1-16(17-7-9-18(22)10-8-17)23-21(26)15-24-11-13-25(14-12-24)19-5-3-4-6-20(19)27-2/h3-10,16H,11-15H2,1-2H3,(H,23,26)/t16-/m0/s1. The summed E-state index contributed by atoms with van der Waals surface area (Å²) in [5.41, 5.74) is 2.16. The molecule has 2 aromatic rings. The van der Waals surface area contributed by atoms with Crippen LogP contribution < -0.4 is 15.0 Å². The Morgan fingerprint density at radius 2 is 1.78 bits per heavy atom. The van der Waals surface area contributed by atoms with Crippen LogP contribution in [0, 0.1) is 0 Å². The second-order valence-corrected chi connectivity index (χ2v) is 7.21.